The highest BCUT2D eigenvalue weighted by atomic mass is 16.6. The molecule has 272 valence electrons. The van der Waals surface area contributed by atoms with Crippen LogP contribution in [0, 0.1) is 58.2 Å². The molecule has 8 fully saturated rings. The molecule has 0 aliphatic heterocycles. The molecule has 8 saturated carbocycles. The first-order valence-electron chi connectivity index (χ1n) is 19.3. The van der Waals surface area contributed by atoms with Crippen LogP contribution in [0.5, 0.6) is 0 Å². The van der Waals surface area contributed by atoms with E-state index in [1.807, 2.05) is 41.5 Å². The molecule has 0 aromatic rings. The molecule has 0 aromatic heterocycles. The summed E-state index contributed by atoms with van der Waals surface area (Å²) in [6.07, 6.45) is 14.8. The van der Waals surface area contributed by atoms with Crippen LogP contribution < -0.4 is 0 Å². The van der Waals surface area contributed by atoms with E-state index in [2.05, 4.69) is 13.8 Å². The van der Waals surface area contributed by atoms with Crippen molar-refractivity contribution in [1.82, 2.24) is 0 Å². The zero-order valence-electron chi connectivity index (χ0n) is 31.2. The van der Waals surface area contributed by atoms with Crippen LogP contribution in [0.2, 0.25) is 0 Å². The van der Waals surface area contributed by atoms with Gasteiger partial charge >= 0.3 is 23.9 Å². The van der Waals surface area contributed by atoms with E-state index >= 15 is 0 Å². The van der Waals surface area contributed by atoms with Gasteiger partial charge in [0.05, 0.1) is 17.4 Å². The van der Waals surface area contributed by atoms with Gasteiger partial charge in [0.25, 0.3) is 0 Å². The molecule has 0 atom stereocenters. The van der Waals surface area contributed by atoms with Crippen LogP contribution >= 0.6 is 0 Å². The fourth-order valence-corrected chi connectivity index (χ4v) is 10.3. The Labute approximate surface area is 289 Å². The molecule has 0 heterocycles. The van der Waals surface area contributed by atoms with Crippen LogP contribution in [0.15, 0.2) is 0 Å². The number of carbonyl (C=O) groups is 4. The molecule has 0 unspecified atom stereocenters. The minimum absolute atomic E-state index is 0.124. The molecule has 8 aliphatic rings. The Kier molecular flexibility index (Phi) is 11.0. The lowest BCUT2D eigenvalue weighted by Gasteiger charge is -2.59. The Bertz CT molecular complexity index is 1140. The normalized spacial score (nSPS) is 37.3. The molecule has 0 saturated heterocycles. The van der Waals surface area contributed by atoms with Crippen LogP contribution in [-0.2, 0) is 38.1 Å². The van der Waals surface area contributed by atoms with Crippen molar-refractivity contribution in [3.8, 4) is 0 Å². The Morgan fingerprint density at radius 1 is 0.562 bits per heavy atom. The van der Waals surface area contributed by atoms with Gasteiger partial charge in [-0.2, -0.15) is 0 Å². The molecule has 8 bridgehead atoms. The standard InChI is InChI=1S/C21H34O4.C19H30O4/c1-5-20(2,3)19(23)24-8-6-7-18(22)25-21(4)16-10-14-9-15(12-16)13-17(21)11-14;1-5-18(2,3)17(21)22-11-16(20)23-19(4)14-7-12-6-13(9-14)10-15(19)8-12/h14-17H,5-13H2,1-4H3;12-15H,5-11H2,1-4H3. The highest BCUT2D eigenvalue weighted by Gasteiger charge is 2.58. The van der Waals surface area contributed by atoms with Crippen molar-refractivity contribution in [2.24, 2.45) is 58.2 Å². The average Bonchev–Trinajstić information content (AvgIpc) is 3.03. The second-order valence-corrected chi connectivity index (χ2v) is 18.2. The van der Waals surface area contributed by atoms with Gasteiger partial charge in [-0.25, -0.2) is 4.79 Å². The molecule has 8 aliphatic carbocycles. The summed E-state index contributed by atoms with van der Waals surface area (Å²) >= 11 is 0. The smallest absolute Gasteiger partial charge is 0.344 e. The van der Waals surface area contributed by atoms with Crippen LogP contribution in [0.1, 0.15) is 145 Å². The fraction of sp³-hybridized carbons (Fsp3) is 0.900. The minimum Gasteiger partial charge on any atom is -0.465 e. The third-order valence-corrected chi connectivity index (χ3v) is 14.1. The van der Waals surface area contributed by atoms with Crippen molar-refractivity contribution in [2.75, 3.05) is 13.2 Å². The van der Waals surface area contributed by atoms with Gasteiger partial charge in [0.1, 0.15) is 11.2 Å². The quantitative estimate of drug-likeness (QED) is 0.116. The SMILES string of the molecule is CCC(C)(C)C(=O)OCC(=O)OC1(C)C2CC3CC(C2)CC1C3.CCC(C)(C)C(=O)OCCCC(=O)OC1(C)C2CC3CC(C2)CC1C3. The number of hydrogen-bond acceptors (Lipinski definition) is 8. The van der Waals surface area contributed by atoms with Crippen molar-refractivity contribution in [3.63, 3.8) is 0 Å². The van der Waals surface area contributed by atoms with Crippen LogP contribution in [0.4, 0.5) is 0 Å². The second-order valence-electron chi connectivity index (χ2n) is 18.2. The number of ether oxygens (including phenoxy) is 4. The lowest BCUT2D eigenvalue weighted by atomic mass is 9.50. The highest BCUT2D eigenvalue weighted by molar-refractivity contribution is 5.80. The summed E-state index contributed by atoms with van der Waals surface area (Å²) < 4.78 is 22.4. The zero-order chi connectivity index (χ0) is 35.1. The third kappa shape index (κ3) is 7.77. The van der Waals surface area contributed by atoms with Gasteiger partial charge in [0.2, 0.25) is 0 Å². The summed E-state index contributed by atoms with van der Waals surface area (Å²) in [4.78, 5) is 48.6. The van der Waals surface area contributed by atoms with E-state index in [4.69, 9.17) is 18.9 Å². The highest BCUT2D eigenvalue weighted by Crippen LogP contribution is 2.60. The van der Waals surface area contributed by atoms with Gasteiger partial charge < -0.3 is 18.9 Å². The molecule has 8 heteroatoms. The monoisotopic (exact) mass is 672 g/mol. The lowest BCUT2D eigenvalue weighted by molar-refractivity contribution is -0.208. The Balaban J connectivity index is 0.000000188. The maximum absolute atomic E-state index is 12.4. The summed E-state index contributed by atoms with van der Waals surface area (Å²) in [5.74, 6) is 4.48. The third-order valence-electron chi connectivity index (χ3n) is 14.1. The molecular formula is C40H64O8. The lowest BCUT2D eigenvalue weighted by Crippen LogP contribution is -2.58. The molecule has 0 radical (unpaired) electrons. The van der Waals surface area contributed by atoms with Crippen molar-refractivity contribution in [3.05, 3.63) is 0 Å². The summed E-state index contributed by atoms with van der Waals surface area (Å²) in [7, 11) is 0. The van der Waals surface area contributed by atoms with Crippen molar-refractivity contribution in [1.29, 1.82) is 0 Å². The van der Waals surface area contributed by atoms with Gasteiger partial charge in [0.15, 0.2) is 6.61 Å². The first-order chi connectivity index (χ1) is 22.5. The molecule has 0 spiro atoms. The van der Waals surface area contributed by atoms with E-state index < -0.39 is 10.8 Å². The zero-order valence-corrected chi connectivity index (χ0v) is 31.2. The number of esters is 4. The second kappa shape index (κ2) is 14.2. The molecule has 8 rings (SSSR count). The molecule has 48 heavy (non-hydrogen) atoms. The minimum atomic E-state index is -0.549. The Morgan fingerprint density at radius 3 is 1.29 bits per heavy atom. The van der Waals surface area contributed by atoms with E-state index in [0.29, 0.717) is 49.5 Å². The first-order valence-corrected chi connectivity index (χ1v) is 19.3. The summed E-state index contributed by atoms with van der Waals surface area (Å²) in [6.45, 7) is 15.7. The number of rotatable bonds is 12. The Hall–Kier alpha value is -2.12. The van der Waals surface area contributed by atoms with Crippen molar-refractivity contribution < 1.29 is 38.1 Å². The van der Waals surface area contributed by atoms with E-state index in [-0.39, 0.29) is 41.7 Å². The van der Waals surface area contributed by atoms with Crippen molar-refractivity contribution >= 4 is 23.9 Å². The number of hydrogen-bond donors (Lipinski definition) is 0. The maximum atomic E-state index is 12.4. The molecule has 0 N–H and O–H groups in total. The van der Waals surface area contributed by atoms with E-state index in [0.717, 1.165) is 30.1 Å². The molecule has 8 nitrogen and oxygen atoms in total. The van der Waals surface area contributed by atoms with Gasteiger partial charge in [0, 0.05) is 6.42 Å². The predicted octanol–water partition coefficient (Wildman–Crippen LogP) is 8.23. The van der Waals surface area contributed by atoms with Crippen molar-refractivity contribution in [2.45, 2.75) is 156 Å². The topological polar surface area (TPSA) is 105 Å². The van der Waals surface area contributed by atoms with Gasteiger partial charge in [-0.15, -0.1) is 0 Å². The van der Waals surface area contributed by atoms with Gasteiger partial charge in [-0.1, -0.05) is 13.8 Å². The molecule has 0 amide bonds. The average molecular weight is 673 g/mol. The maximum Gasteiger partial charge on any atom is 0.344 e. The number of carbonyl (C=O) groups excluding carboxylic acids is 4. The molecule has 0 aromatic carbocycles. The van der Waals surface area contributed by atoms with Gasteiger partial charge in [-0.05, 0) is 172 Å². The van der Waals surface area contributed by atoms with Crippen LogP contribution in [-0.4, -0.2) is 48.3 Å². The van der Waals surface area contributed by atoms with E-state index in [1.165, 1.54) is 64.2 Å². The van der Waals surface area contributed by atoms with E-state index in [1.54, 1.807) is 0 Å². The Morgan fingerprint density at radius 2 is 0.917 bits per heavy atom. The predicted molar refractivity (Wildman–Crippen MR) is 182 cm³/mol. The molecular weight excluding hydrogens is 608 g/mol. The summed E-state index contributed by atoms with van der Waals surface area (Å²) in [5.41, 5.74) is -1.61. The van der Waals surface area contributed by atoms with E-state index in [9.17, 15) is 19.2 Å². The summed E-state index contributed by atoms with van der Waals surface area (Å²) in [6, 6.07) is 0. The summed E-state index contributed by atoms with van der Waals surface area (Å²) in [5, 5.41) is 0. The van der Waals surface area contributed by atoms with Gasteiger partial charge in [-0.3, -0.25) is 14.4 Å². The van der Waals surface area contributed by atoms with Crippen LogP contribution in [0.25, 0.3) is 0 Å². The largest absolute Gasteiger partial charge is 0.465 e. The van der Waals surface area contributed by atoms with Crippen LogP contribution in [0.3, 0.4) is 0 Å². The fourth-order valence-electron chi connectivity index (χ4n) is 10.3. The first kappa shape index (κ1) is 37.1.